The lowest BCUT2D eigenvalue weighted by Gasteiger charge is -2.32. The van der Waals surface area contributed by atoms with Gasteiger partial charge in [0.2, 0.25) is 5.91 Å². The summed E-state index contributed by atoms with van der Waals surface area (Å²) < 4.78 is 5.38. The smallest absolute Gasteiger partial charge is 0.310 e. The van der Waals surface area contributed by atoms with Crippen LogP contribution in [0, 0.1) is 25.7 Å². The molecule has 1 saturated carbocycles. The number of hydrogen-bond donors (Lipinski definition) is 1. The van der Waals surface area contributed by atoms with Crippen LogP contribution in [0.15, 0.2) is 42.5 Å². The van der Waals surface area contributed by atoms with E-state index < -0.39 is 17.8 Å². The van der Waals surface area contributed by atoms with Crippen LogP contribution in [0.25, 0.3) is 0 Å². The summed E-state index contributed by atoms with van der Waals surface area (Å²) in [4.78, 5) is 40.4. The maximum atomic E-state index is 13.4. The van der Waals surface area contributed by atoms with Gasteiger partial charge in [-0.15, -0.1) is 0 Å². The quantitative estimate of drug-likeness (QED) is 0.717. The van der Waals surface area contributed by atoms with Crippen molar-refractivity contribution in [2.45, 2.75) is 46.0 Å². The number of nitrogens with one attached hydrogen (secondary N) is 1. The maximum Gasteiger partial charge on any atom is 0.310 e. The van der Waals surface area contributed by atoms with Gasteiger partial charge in [-0.2, -0.15) is 0 Å². The molecule has 6 heteroatoms. The van der Waals surface area contributed by atoms with Crippen LogP contribution in [0.3, 0.4) is 0 Å². The summed E-state index contributed by atoms with van der Waals surface area (Å²) in [5, 5.41) is 2.81. The number of hydrogen-bond acceptors (Lipinski definition) is 4. The first-order valence-corrected chi connectivity index (χ1v) is 11.4. The minimum absolute atomic E-state index is 0.00330. The number of benzene rings is 2. The molecule has 4 rings (SSSR count). The molecule has 1 N–H and O–H groups in total. The number of amides is 2. The van der Waals surface area contributed by atoms with Gasteiger partial charge in [0.15, 0.2) is 6.61 Å². The minimum atomic E-state index is -0.502. The Morgan fingerprint density at radius 1 is 1.00 bits per heavy atom. The average molecular weight is 435 g/mol. The first-order valence-electron chi connectivity index (χ1n) is 11.4. The summed E-state index contributed by atoms with van der Waals surface area (Å²) in [6.45, 7) is 4.21. The molecule has 2 aliphatic rings. The number of fused-ring (bicyclic) bond motifs is 1. The zero-order chi connectivity index (χ0) is 22.7. The first-order chi connectivity index (χ1) is 15.5. The average Bonchev–Trinajstić information content (AvgIpc) is 3.24. The first kappa shape index (κ1) is 22.1. The second kappa shape index (κ2) is 9.55. The zero-order valence-electron chi connectivity index (χ0n) is 18.7. The van der Waals surface area contributed by atoms with E-state index in [0.717, 1.165) is 36.1 Å². The molecule has 2 aromatic carbocycles. The Morgan fingerprint density at radius 3 is 2.56 bits per heavy atom. The number of aryl methyl sites for hydroxylation is 1. The third kappa shape index (κ3) is 4.54. The van der Waals surface area contributed by atoms with Gasteiger partial charge in [0.05, 0.1) is 11.8 Å². The molecule has 1 aliphatic carbocycles. The number of ether oxygens (including phenoxy) is 1. The molecule has 2 aromatic rings. The van der Waals surface area contributed by atoms with Gasteiger partial charge in [-0.3, -0.25) is 14.4 Å². The van der Waals surface area contributed by atoms with E-state index in [1.807, 2.05) is 61.2 Å². The standard InChI is InChI=1S/C26H30N2O4/c1-17-8-7-12-22(18(17)2)27-24(29)16-32-26(31)21-11-5-4-10-20(21)25(30)28-15-14-19-9-3-6-13-23(19)28/h3,6-9,12-13,20-21H,4-5,10-11,14-16H2,1-2H3,(H,27,29). The number of rotatable bonds is 5. The van der Waals surface area contributed by atoms with Gasteiger partial charge in [0.1, 0.15) is 0 Å². The zero-order valence-corrected chi connectivity index (χ0v) is 18.7. The molecule has 0 radical (unpaired) electrons. The van der Waals surface area contributed by atoms with Crippen LogP contribution in [-0.4, -0.2) is 30.9 Å². The van der Waals surface area contributed by atoms with E-state index in [1.54, 1.807) is 0 Å². The predicted octanol–water partition coefficient (Wildman–Crippen LogP) is 4.18. The molecule has 0 aromatic heterocycles. The molecule has 32 heavy (non-hydrogen) atoms. The third-order valence-corrected chi connectivity index (χ3v) is 6.76. The molecular formula is C26H30N2O4. The van der Waals surface area contributed by atoms with Crippen molar-refractivity contribution in [3.8, 4) is 0 Å². The van der Waals surface area contributed by atoms with E-state index in [9.17, 15) is 14.4 Å². The second-order valence-electron chi connectivity index (χ2n) is 8.77. The van der Waals surface area contributed by atoms with Gasteiger partial charge in [-0.1, -0.05) is 43.2 Å². The molecule has 2 unspecified atom stereocenters. The Labute approximate surface area is 188 Å². The number of carbonyl (C=O) groups is 3. The van der Waals surface area contributed by atoms with Crippen molar-refractivity contribution in [2.24, 2.45) is 11.8 Å². The Hall–Kier alpha value is -3.15. The lowest BCUT2D eigenvalue weighted by molar-refractivity contribution is -0.156. The molecular weight excluding hydrogens is 404 g/mol. The molecule has 1 heterocycles. The largest absolute Gasteiger partial charge is 0.455 e. The SMILES string of the molecule is Cc1cccc(NC(=O)COC(=O)C2CCCCC2C(=O)N2CCc3ccccc32)c1C. The van der Waals surface area contributed by atoms with Crippen molar-refractivity contribution >= 4 is 29.2 Å². The Balaban J connectivity index is 1.38. The third-order valence-electron chi connectivity index (χ3n) is 6.76. The fraction of sp³-hybridized carbons (Fsp3) is 0.423. The Bertz CT molecular complexity index is 1030. The van der Waals surface area contributed by atoms with E-state index in [4.69, 9.17) is 4.74 Å². The van der Waals surface area contributed by atoms with Crippen LogP contribution < -0.4 is 10.2 Å². The number of carbonyl (C=O) groups excluding carboxylic acids is 3. The molecule has 2 atom stereocenters. The number of para-hydroxylation sites is 1. The fourth-order valence-electron chi connectivity index (χ4n) is 4.79. The topological polar surface area (TPSA) is 75.7 Å². The van der Waals surface area contributed by atoms with Gasteiger partial charge in [-0.25, -0.2) is 0 Å². The molecule has 0 saturated heterocycles. The van der Waals surface area contributed by atoms with Gasteiger partial charge in [0.25, 0.3) is 5.91 Å². The lowest BCUT2D eigenvalue weighted by atomic mass is 9.78. The van der Waals surface area contributed by atoms with Crippen molar-refractivity contribution in [2.75, 3.05) is 23.4 Å². The van der Waals surface area contributed by atoms with Gasteiger partial charge >= 0.3 is 5.97 Å². The highest BCUT2D eigenvalue weighted by molar-refractivity contribution is 5.99. The van der Waals surface area contributed by atoms with E-state index in [1.165, 1.54) is 5.56 Å². The Kier molecular flexibility index (Phi) is 6.58. The van der Waals surface area contributed by atoms with Crippen molar-refractivity contribution in [3.63, 3.8) is 0 Å². The Morgan fingerprint density at radius 2 is 1.75 bits per heavy atom. The normalized spacial score (nSPS) is 19.9. The number of esters is 1. The summed E-state index contributed by atoms with van der Waals surface area (Å²) in [5.74, 6) is -1.73. The van der Waals surface area contributed by atoms with Crippen LogP contribution in [0.5, 0.6) is 0 Å². The lowest BCUT2D eigenvalue weighted by Crippen LogP contribution is -2.42. The summed E-state index contributed by atoms with van der Waals surface area (Å²) in [6.07, 6.45) is 3.93. The van der Waals surface area contributed by atoms with Gasteiger partial charge in [0, 0.05) is 17.9 Å². The van der Waals surface area contributed by atoms with Crippen molar-refractivity contribution < 1.29 is 19.1 Å². The monoisotopic (exact) mass is 434 g/mol. The number of anilines is 2. The molecule has 2 amide bonds. The minimum Gasteiger partial charge on any atom is -0.455 e. The number of nitrogens with zero attached hydrogens (tertiary/aromatic N) is 1. The van der Waals surface area contributed by atoms with E-state index in [2.05, 4.69) is 5.32 Å². The predicted molar refractivity (Wildman–Crippen MR) is 123 cm³/mol. The summed E-state index contributed by atoms with van der Waals surface area (Å²) in [7, 11) is 0. The molecule has 168 valence electrons. The highest BCUT2D eigenvalue weighted by atomic mass is 16.5. The van der Waals surface area contributed by atoms with Gasteiger partial charge < -0.3 is 15.0 Å². The van der Waals surface area contributed by atoms with Crippen LogP contribution in [-0.2, 0) is 25.5 Å². The van der Waals surface area contributed by atoms with E-state index in [-0.39, 0.29) is 18.4 Å². The molecule has 1 fully saturated rings. The van der Waals surface area contributed by atoms with E-state index in [0.29, 0.717) is 25.1 Å². The van der Waals surface area contributed by atoms with Crippen LogP contribution in [0.1, 0.15) is 42.4 Å². The molecule has 6 nitrogen and oxygen atoms in total. The fourth-order valence-corrected chi connectivity index (χ4v) is 4.79. The summed E-state index contributed by atoms with van der Waals surface area (Å²) in [5.41, 5.74) is 4.88. The molecule has 0 spiro atoms. The maximum absolute atomic E-state index is 13.4. The molecule has 0 bridgehead atoms. The highest BCUT2D eigenvalue weighted by Gasteiger charge is 2.40. The summed E-state index contributed by atoms with van der Waals surface area (Å²) in [6, 6.07) is 13.6. The van der Waals surface area contributed by atoms with Gasteiger partial charge in [-0.05, 0) is 61.9 Å². The second-order valence-corrected chi connectivity index (χ2v) is 8.77. The van der Waals surface area contributed by atoms with Crippen LogP contribution >= 0.6 is 0 Å². The highest BCUT2D eigenvalue weighted by Crippen LogP contribution is 2.36. The van der Waals surface area contributed by atoms with Crippen molar-refractivity contribution in [1.82, 2.24) is 0 Å². The summed E-state index contributed by atoms with van der Waals surface area (Å²) >= 11 is 0. The molecule has 1 aliphatic heterocycles. The van der Waals surface area contributed by atoms with E-state index >= 15 is 0 Å². The van der Waals surface area contributed by atoms with Crippen molar-refractivity contribution in [3.05, 3.63) is 59.2 Å². The van der Waals surface area contributed by atoms with Crippen LogP contribution in [0.4, 0.5) is 11.4 Å². The van der Waals surface area contributed by atoms with Crippen molar-refractivity contribution in [1.29, 1.82) is 0 Å². The van der Waals surface area contributed by atoms with Crippen LogP contribution in [0.2, 0.25) is 0 Å².